The van der Waals surface area contributed by atoms with E-state index in [0.29, 0.717) is 5.69 Å². The van der Waals surface area contributed by atoms with Gasteiger partial charge in [0.15, 0.2) is 0 Å². The fourth-order valence-corrected chi connectivity index (χ4v) is 1.34. The molecule has 1 aliphatic rings. The van der Waals surface area contributed by atoms with E-state index in [2.05, 4.69) is 22.0 Å². The first-order chi connectivity index (χ1) is 6.75. The zero-order chi connectivity index (χ0) is 9.97. The molecule has 72 valence electrons. The number of aromatic nitrogens is 1. The van der Waals surface area contributed by atoms with Gasteiger partial charge >= 0.3 is 0 Å². The molecule has 0 saturated carbocycles. The minimum Gasteiger partial charge on any atom is -0.397 e. The van der Waals surface area contributed by atoms with Crippen LogP contribution >= 0.6 is 0 Å². The maximum atomic E-state index is 5.57. The van der Waals surface area contributed by atoms with Gasteiger partial charge in [0.2, 0.25) is 0 Å². The Hall–Kier alpha value is -1.77. The fourth-order valence-electron chi connectivity index (χ4n) is 1.34. The molecule has 0 spiro atoms. The summed E-state index contributed by atoms with van der Waals surface area (Å²) in [6.07, 6.45) is 7.94. The highest BCUT2D eigenvalue weighted by Crippen LogP contribution is 2.17. The lowest BCUT2D eigenvalue weighted by Gasteiger charge is -2.16. The maximum Gasteiger partial charge on any atom is 0.0701 e. The van der Waals surface area contributed by atoms with Crippen LogP contribution < -0.4 is 5.73 Å². The molecule has 3 heteroatoms. The molecule has 0 fully saturated rings. The van der Waals surface area contributed by atoms with Gasteiger partial charge in [-0.3, -0.25) is 4.98 Å². The van der Waals surface area contributed by atoms with E-state index in [1.807, 2.05) is 25.4 Å². The van der Waals surface area contributed by atoms with Crippen molar-refractivity contribution in [2.45, 2.75) is 0 Å². The second-order valence-electron chi connectivity index (χ2n) is 3.39. The van der Waals surface area contributed by atoms with Gasteiger partial charge in [0, 0.05) is 13.6 Å². The molecule has 2 heterocycles. The Morgan fingerprint density at radius 2 is 2.29 bits per heavy atom. The standard InChI is InChI=1S/C11H13N3/c1-14-6-4-9(5-7-14)11-3-2-10(12)8-13-11/h2-6,8H,7,12H2,1H3. The molecule has 1 aromatic rings. The van der Waals surface area contributed by atoms with Crippen molar-refractivity contribution >= 4 is 11.3 Å². The number of nitrogens with two attached hydrogens (primary N) is 1. The molecule has 0 saturated heterocycles. The topological polar surface area (TPSA) is 42.1 Å². The van der Waals surface area contributed by atoms with E-state index in [4.69, 9.17) is 5.73 Å². The van der Waals surface area contributed by atoms with Gasteiger partial charge in [0.1, 0.15) is 0 Å². The third-order valence-electron chi connectivity index (χ3n) is 2.19. The zero-order valence-corrected chi connectivity index (χ0v) is 8.14. The summed E-state index contributed by atoms with van der Waals surface area (Å²) in [5.41, 5.74) is 8.40. The molecule has 0 aromatic carbocycles. The lowest BCUT2D eigenvalue weighted by Crippen LogP contribution is -2.13. The van der Waals surface area contributed by atoms with Crippen molar-refractivity contribution in [2.75, 3.05) is 19.3 Å². The number of rotatable bonds is 1. The maximum absolute atomic E-state index is 5.57. The molecule has 1 aromatic heterocycles. The van der Waals surface area contributed by atoms with Gasteiger partial charge in [-0.15, -0.1) is 0 Å². The monoisotopic (exact) mass is 187 g/mol. The quantitative estimate of drug-likeness (QED) is 0.724. The summed E-state index contributed by atoms with van der Waals surface area (Å²) in [4.78, 5) is 6.38. The molecule has 2 rings (SSSR count). The largest absolute Gasteiger partial charge is 0.397 e. The Labute approximate surface area is 83.6 Å². The van der Waals surface area contributed by atoms with Gasteiger partial charge < -0.3 is 10.6 Å². The second kappa shape index (κ2) is 3.54. The molecule has 2 N–H and O–H groups in total. The molecular formula is C11H13N3. The average Bonchev–Trinajstić information content (AvgIpc) is 2.21. The summed E-state index contributed by atoms with van der Waals surface area (Å²) < 4.78 is 0. The molecule has 0 atom stereocenters. The van der Waals surface area contributed by atoms with Crippen LogP contribution in [0.5, 0.6) is 0 Å². The second-order valence-corrected chi connectivity index (χ2v) is 3.39. The van der Waals surface area contributed by atoms with Gasteiger partial charge in [-0.2, -0.15) is 0 Å². The van der Waals surface area contributed by atoms with Crippen LogP contribution in [-0.2, 0) is 0 Å². The number of likely N-dealkylation sites (N-methyl/N-ethyl adjacent to an activating group) is 1. The van der Waals surface area contributed by atoms with Crippen LogP contribution in [0, 0.1) is 0 Å². The Bertz CT molecular complexity index is 376. The highest BCUT2D eigenvalue weighted by molar-refractivity contribution is 5.72. The van der Waals surface area contributed by atoms with Gasteiger partial charge in [-0.1, -0.05) is 6.08 Å². The molecule has 3 nitrogen and oxygen atoms in total. The van der Waals surface area contributed by atoms with Crippen molar-refractivity contribution < 1.29 is 0 Å². The summed E-state index contributed by atoms with van der Waals surface area (Å²) in [6, 6.07) is 3.81. The van der Waals surface area contributed by atoms with Gasteiger partial charge in [0.05, 0.1) is 17.6 Å². The molecule has 1 aliphatic heterocycles. The number of pyridine rings is 1. The molecule has 0 aliphatic carbocycles. The van der Waals surface area contributed by atoms with Crippen molar-refractivity contribution in [3.63, 3.8) is 0 Å². The van der Waals surface area contributed by atoms with Crippen LogP contribution in [0.4, 0.5) is 5.69 Å². The lowest BCUT2D eigenvalue weighted by atomic mass is 10.1. The van der Waals surface area contributed by atoms with Crippen LogP contribution in [0.15, 0.2) is 36.7 Å². The van der Waals surface area contributed by atoms with E-state index in [-0.39, 0.29) is 0 Å². The lowest BCUT2D eigenvalue weighted by molar-refractivity contribution is 0.506. The highest BCUT2D eigenvalue weighted by atomic mass is 15.1. The van der Waals surface area contributed by atoms with E-state index in [0.717, 1.165) is 17.8 Å². The first-order valence-corrected chi connectivity index (χ1v) is 4.56. The normalized spacial score (nSPS) is 15.5. The van der Waals surface area contributed by atoms with Crippen LogP contribution in [0.25, 0.3) is 5.57 Å². The molecule has 0 unspecified atom stereocenters. The Morgan fingerprint density at radius 1 is 1.43 bits per heavy atom. The minimum absolute atomic E-state index is 0.700. The summed E-state index contributed by atoms with van der Waals surface area (Å²) >= 11 is 0. The third-order valence-corrected chi connectivity index (χ3v) is 2.19. The van der Waals surface area contributed by atoms with Crippen LogP contribution in [0.3, 0.4) is 0 Å². The first kappa shape index (κ1) is 8.81. The minimum atomic E-state index is 0.700. The number of allylic oxidation sites excluding steroid dienone is 2. The number of nitrogens with zero attached hydrogens (tertiary/aromatic N) is 2. The van der Waals surface area contributed by atoms with Gasteiger partial charge in [-0.25, -0.2) is 0 Å². The first-order valence-electron chi connectivity index (χ1n) is 4.56. The summed E-state index contributed by atoms with van der Waals surface area (Å²) in [6.45, 7) is 0.928. The van der Waals surface area contributed by atoms with Crippen molar-refractivity contribution in [1.82, 2.24) is 9.88 Å². The van der Waals surface area contributed by atoms with E-state index in [1.165, 1.54) is 0 Å². The smallest absolute Gasteiger partial charge is 0.0701 e. The number of nitrogen functional groups attached to an aromatic ring is 1. The van der Waals surface area contributed by atoms with Crippen molar-refractivity contribution in [1.29, 1.82) is 0 Å². The average molecular weight is 187 g/mol. The van der Waals surface area contributed by atoms with Gasteiger partial charge in [0.25, 0.3) is 0 Å². The van der Waals surface area contributed by atoms with E-state index in [1.54, 1.807) is 6.20 Å². The number of hydrogen-bond donors (Lipinski definition) is 1. The summed E-state index contributed by atoms with van der Waals surface area (Å²) in [5.74, 6) is 0. The molecule has 0 bridgehead atoms. The fraction of sp³-hybridized carbons (Fsp3) is 0.182. The van der Waals surface area contributed by atoms with E-state index in [9.17, 15) is 0 Å². The Kier molecular flexibility index (Phi) is 2.23. The highest BCUT2D eigenvalue weighted by Gasteiger charge is 2.03. The summed E-state index contributed by atoms with van der Waals surface area (Å²) in [7, 11) is 2.04. The Morgan fingerprint density at radius 3 is 2.86 bits per heavy atom. The van der Waals surface area contributed by atoms with Crippen LogP contribution in [0.2, 0.25) is 0 Å². The zero-order valence-electron chi connectivity index (χ0n) is 8.14. The van der Waals surface area contributed by atoms with Crippen molar-refractivity contribution in [3.05, 3.63) is 42.4 Å². The van der Waals surface area contributed by atoms with Crippen LogP contribution in [-0.4, -0.2) is 23.5 Å². The molecule has 0 radical (unpaired) electrons. The molecule has 14 heavy (non-hydrogen) atoms. The van der Waals surface area contributed by atoms with Gasteiger partial charge in [-0.05, 0) is 30.0 Å². The number of anilines is 1. The Balaban J connectivity index is 2.24. The SMILES string of the molecule is CN1C=CC(c2ccc(N)cn2)=CC1. The van der Waals surface area contributed by atoms with E-state index >= 15 is 0 Å². The van der Waals surface area contributed by atoms with Crippen LogP contribution in [0.1, 0.15) is 5.69 Å². The molecular weight excluding hydrogens is 174 g/mol. The van der Waals surface area contributed by atoms with Crippen molar-refractivity contribution in [2.24, 2.45) is 0 Å². The number of hydrogen-bond acceptors (Lipinski definition) is 3. The predicted octanol–water partition coefficient (Wildman–Crippen LogP) is 1.51. The van der Waals surface area contributed by atoms with Crippen molar-refractivity contribution in [3.8, 4) is 0 Å². The van der Waals surface area contributed by atoms with E-state index < -0.39 is 0 Å². The summed E-state index contributed by atoms with van der Waals surface area (Å²) in [5, 5.41) is 0. The molecule has 0 amide bonds. The third kappa shape index (κ3) is 1.76. The predicted molar refractivity (Wildman–Crippen MR) is 58.4 cm³/mol.